The van der Waals surface area contributed by atoms with Crippen LogP contribution in [0.5, 0.6) is 0 Å². The molecule has 136 valence electrons. The maximum Gasteiger partial charge on any atom is 0.270 e. The molecule has 0 atom stereocenters. The number of rotatable bonds is 4. The van der Waals surface area contributed by atoms with Gasteiger partial charge in [-0.1, -0.05) is 12.1 Å². The van der Waals surface area contributed by atoms with Crippen molar-refractivity contribution in [2.24, 2.45) is 0 Å². The lowest BCUT2D eigenvalue weighted by Crippen LogP contribution is -2.48. The topological polar surface area (TPSA) is 65.5 Å². The van der Waals surface area contributed by atoms with Gasteiger partial charge < -0.3 is 15.1 Å². The second-order valence-electron chi connectivity index (χ2n) is 6.20. The number of aromatic nitrogens is 1. The zero-order valence-corrected chi connectivity index (χ0v) is 14.6. The monoisotopic (exact) mass is 356 g/mol. The van der Waals surface area contributed by atoms with E-state index in [0.29, 0.717) is 25.3 Å². The summed E-state index contributed by atoms with van der Waals surface area (Å²) >= 11 is 0. The third-order valence-electron chi connectivity index (χ3n) is 4.44. The average Bonchev–Trinajstić information content (AvgIpc) is 2.67. The molecule has 0 bridgehead atoms. The number of anilines is 1. The number of hydrogen-bond donors (Lipinski definition) is 1. The summed E-state index contributed by atoms with van der Waals surface area (Å²) in [5.74, 6) is -0.486. The quantitative estimate of drug-likeness (QED) is 0.908. The molecular weight excluding hydrogens is 335 g/mol. The van der Waals surface area contributed by atoms with Crippen molar-refractivity contribution in [2.75, 3.05) is 31.1 Å². The van der Waals surface area contributed by atoms with Crippen LogP contribution in [0.4, 0.5) is 10.1 Å². The summed E-state index contributed by atoms with van der Waals surface area (Å²) in [6, 6.07) is 9.54. The van der Waals surface area contributed by atoms with E-state index in [4.69, 9.17) is 0 Å². The van der Waals surface area contributed by atoms with Crippen molar-refractivity contribution in [3.63, 3.8) is 0 Å². The van der Waals surface area contributed by atoms with Crippen LogP contribution in [0.2, 0.25) is 0 Å². The highest BCUT2D eigenvalue weighted by Crippen LogP contribution is 2.16. The fourth-order valence-electron chi connectivity index (χ4n) is 2.86. The zero-order valence-electron chi connectivity index (χ0n) is 14.6. The average molecular weight is 356 g/mol. The van der Waals surface area contributed by atoms with E-state index in [9.17, 15) is 14.0 Å². The van der Waals surface area contributed by atoms with Gasteiger partial charge in [-0.2, -0.15) is 0 Å². The van der Waals surface area contributed by atoms with Crippen molar-refractivity contribution in [2.45, 2.75) is 13.5 Å². The van der Waals surface area contributed by atoms with Crippen molar-refractivity contribution in [3.05, 3.63) is 59.7 Å². The first kappa shape index (κ1) is 17.8. The zero-order chi connectivity index (χ0) is 18.5. The molecule has 2 amide bonds. The molecule has 26 heavy (non-hydrogen) atoms. The Balaban J connectivity index is 1.54. The SMILES string of the molecule is CC(=O)N1CCN(c2ccc(C(=O)NCc3ccc(F)cc3)nc2)CC1. The summed E-state index contributed by atoms with van der Waals surface area (Å²) in [4.78, 5) is 31.8. The Kier molecular flexibility index (Phi) is 5.46. The minimum atomic E-state index is -0.304. The fourth-order valence-corrected chi connectivity index (χ4v) is 2.86. The Labute approximate surface area is 151 Å². The van der Waals surface area contributed by atoms with Gasteiger partial charge in [-0.25, -0.2) is 9.37 Å². The van der Waals surface area contributed by atoms with Crippen LogP contribution in [0.1, 0.15) is 23.0 Å². The summed E-state index contributed by atoms with van der Waals surface area (Å²) in [5.41, 5.74) is 2.08. The van der Waals surface area contributed by atoms with Crippen molar-refractivity contribution >= 4 is 17.5 Å². The van der Waals surface area contributed by atoms with Crippen LogP contribution in [0.3, 0.4) is 0 Å². The molecule has 3 rings (SSSR count). The van der Waals surface area contributed by atoms with E-state index < -0.39 is 0 Å². The minimum Gasteiger partial charge on any atom is -0.367 e. The molecule has 0 radical (unpaired) electrons. The Morgan fingerprint density at radius 1 is 1.08 bits per heavy atom. The van der Waals surface area contributed by atoms with E-state index in [2.05, 4.69) is 15.2 Å². The number of piperazine rings is 1. The normalized spacial score (nSPS) is 14.2. The first-order valence-electron chi connectivity index (χ1n) is 8.52. The number of nitrogens with one attached hydrogen (secondary N) is 1. The molecule has 0 unspecified atom stereocenters. The van der Waals surface area contributed by atoms with Crippen LogP contribution in [-0.2, 0) is 11.3 Å². The predicted molar refractivity (Wildman–Crippen MR) is 96.3 cm³/mol. The highest BCUT2D eigenvalue weighted by molar-refractivity contribution is 5.92. The van der Waals surface area contributed by atoms with E-state index in [1.54, 1.807) is 31.3 Å². The highest BCUT2D eigenvalue weighted by Gasteiger charge is 2.19. The van der Waals surface area contributed by atoms with Crippen molar-refractivity contribution in [1.82, 2.24) is 15.2 Å². The molecule has 0 saturated carbocycles. The van der Waals surface area contributed by atoms with E-state index >= 15 is 0 Å². The molecule has 1 aliphatic rings. The number of pyridine rings is 1. The summed E-state index contributed by atoms with van der Waals surface area (Å²) in [7, 11) is 0. The number of carbonyl (C=O) groups excluding carboxylic acids is 2. The second kappa shape index (κ2) is 7.95. The van der Waals surface area contributed by atoms with Gasteiger partial charge in [-0.05, 0) is 29.8 Å². The van der Waals surface area contributed by atoms with E-state index in [0.717, 1.165) is 24.3 Å². The van der Waals surface area contributed by atoms with Gasteiger partial charge in [0, 0.05) is 39.6 Å². The lowest BCUT2D eigenvalue weighted by molar-refractivity contribution is -0.129. The summed E-state index contributed by atoms with van der Waals surface area (Å²) in [5, 5.41) is 2.77. The molecule has 2 aromatic rings. The van der Waals surface area contributed by atoms with Crippen LogP contribution < -0.4 is 10.2 Å². The summed E-state index contributed by atoms with van der Waals surface area (Å²) in [6.07, 6.45) is 1.68. The minimum absolute atomic E-state index is 0.0935. The van der Waals surface area contributed by atoms with Crippen LogP contribution in [0, 0.1) is 5.82 Å². The molecule has 2 heterocycles. The summed E-state index contributed by atoms with van der Waals surface area (Å²) in [6.45, 7) is 4.77. The first-order chi connectivity index (χ1) is 12.5. The third kappa shape index (κ3) is 4.36. The van der Waals surface area contributed by atoms with Crippen LogP contribution in [0.15, 0.2) is 42.6 Å². The first-order valence-corrected chi connectivity index (χ1v) is 8.52. The third-order valence-corrected chi connectivity index (χ3v) is 4.44. The van der Waals surface area contributed by atoms with Gasteiger partial charge in [-0.15, -0.1) is 0 Å². The lowest BCUT2D eigenvalue weighted by Gasteiger charge is -2.35. The molecule has 1 aromatic carbocycles. The van der Waals surface area contributed by atoms with Gasteiger partial charge in [0.15, 0.2) is 0 Å². The Bertz CT molecular complexity index is 769. The van der Waals surface area contributed by atoms with Crippen LogP contribution in [-0.4, -0.2) is 47.9 Å². The maximum absolute atomic E-state index is 12.9. The van der Waals surface area contributed by atoms with E-state index in [-0.39, 0.29) is 17.6 Å². The van der Waals surface area contributed by atoms with Gasteiger partial charge in [-0.3, -0.25) is 9.59 Å². The molecule has 0 aliphatic carbocycles. The van der Waals surface area contributed by atoms with Crippen molar-refractivity contribution in [3.8, 4) is 0 Å². The lowest BCUT2D eigenvalue weighted by atomic mass is 10.2. The van der Waals surface area contributed by atoms with Crippen LogP contribution in [0.25, 0.3) is 0 Å². The number of hydrogen-bond acceptors (Lipinski definition) is 4. The number of carbonyl (C=O) groups is 2. The number of benzene rings is 1. The number of amides is 2. The molecule has 6 nitrogen and oxygen atoms in total. The van der Waals surface area contributed by atoms with Gasteiger partial charge in [0.05, 0.1) is 11.9 Å². The second-order valence-corrected chi connectivity index (χ2v) is 6.20. The van der Waals surface area contributed by atoms with E-state index in [1.807, 2.05) is 11.0 Å². The fraction of sp³-hybridized carbons (Fsp3) is 0.316. The molecule has 7 heteroatoms. The standard InChI is InChI=1S/C19H21FN4O2/c1-14(25)23-8-10-24(11-9-23)17-6-7-18(21-13-17)19(26)22-12-15-2-4-16(20)5-3-15/h2-7,13H,8-12H2,1H3,(H,22,26). The predicted octanol–water partition coefficient (Wildman–Crippen LogP) is 1.82. The maximum atomic E-state index is 12.9. The van der Waals surface area contributed by atoms with Gasteiger partial charge in [0.2, 0.25) is 5.91 Å². The Morgan fingerprint density at radius 2 is 1.77 bits per heavy atom. The Morgan fingerprint density at radius 3 is 2.35 bits per heavy atom. The molecule has 1 fully saturated rings. The molecule has 0 spiro atoms. The Hall–Kier alpha value is -2.96. The van der Waals surface area contributed by atoms with Crippen molar-refractivity contribution < 1.29 is 14.0 Å². The van der Waals surface area contributed by atoms with Gasteiger partial charge in [0.1, 0.15) is 11.5 Å². The largest absolute Gasteiger partial charge is 0.367 e. The number of nitrogens with zero attached hydrogens (tertiary/aromatic N) is 3. The smallest absolute Gasteiger partial charge is 0.270 e. The molecular formula is C19H21FN4O2. The molecule has 1 saturated heterocycles. The van der Waals surface area contributed by atoms with Crippen molar-refractivity contribution in [1.29, 1.82) is 0 Å². The molecule has 1 N–H and O–H groups in total. The van der Waals surface area contributed by atoms with Gasteiger partial charge >= 0.3 is 0 Å². The number of halogens is 1. The van der Waals surface area contributed by atoms with Gasteiger partial charge in [0.25, 0.3) is 5.91 Å². The molecule has 1 aromatic heterocycles. The molecule has 1 aliphatic heterocycles. The highest BCUT2D eigenvalue weighted by atomic mass is 19.1. The summed E-state index contributed by atoms with van der Waals surface area (Å²) < 4.78 is 12.9. The van der Waals surface area contributed by atoms with Crippen LogP contribution >= 0.6 is 0 Å². The van der Waals surface area contributed by atoms with E-state index in [1.165, 1.54) is 12.1 Å².